The Labute approximate surface area is 133 Å². The van der Waals surface area contributed by atoms with Crippen molar-refractivity contribution in [2.45, 2.75) is 18.8 Å². The number of fused-ring (bicyclic) bond motifs is 1. The summed E-state index contributed by atoms with van der Waals surface area (Å²) >= 11 is 1.74. The maximum absolute atomic E-state index is 12.6. The van der Waals surface area contributed by atoms with Crippen LogP contribution < -0.4 is 0 Å². The minimum absolute atomic E-state index is 0.0139. The third kappa shape index (κ3) is 2.44. The van der Waals surface area contributed by atoms with E-state index in [9.17, 15) is 4.79 Å². The van der Waals surface area contributed by atoms with E-state index in [-0.39, 0.29) is 5.91 Å². The first-order chi connectivity index (χ1) is 10.8. The molecule has 0 saturated carbocycles. The van der Waals surface area contributed by atoms with Crippen molar-refractivity contribution in [1.82, 2.24) is 4.90 Å². The lowest BCUT2D eigenvalue weighted by Gasteiger charge is -2.31. The Bertz CT molecular complexity index is 749. The number of piperidine rings is 1. The van der Waals surface area contributed by atoms with Gasteiger partial charge in [-0.25, -0.2) is 0 Å². The van der Waals surface area contributed by atoms with Crippen molar-refractivity contribution < 1.29 is 9.21 Å². The molecule has 1 fully saturated rings. The van der Waals surface area contributed by atoms with Gasteiger partial charge in [0.1, 0.15) is 5.58 Å². The number of nitrogens with zero attached hydrogens (tertiary/aromatic N) is 1. The Balaban J connectivity index is 1.47. The van der Waals surface area contributed by atoms with E-state index in [4.69, 9.17) is 4.42 Å². The van der Waals surface area contributed by atoms with Crippen molar-refractivity contribution in [3.63, 3.8) is 0 Å². The fourth-order valence-corrected chi connectivity index (χ4v) is 3.91. The van der Waals surface area contributed by atoms with E-state index >= 15 is 0 Å². The Kier molecular flexibility index (Phi) is 3.47. The van der Waals surface area contributed by atoms with Gasteiger partial charge in [-0.3, -0.25) is 4.79 Å². The first-order valence-corrected chi connectivity index (χ1v) is 8.55. The molecule has 2 aromatic heterocycles. The van der Waals surface area contributed by atoms with Gasteiger partial charge in [0.25, 0.3) is 5.91 Å². The molecule has 112 valence electrons. The van der Waals surface area contributed by atoms with Gasteiger partial charge in [-0.1, -0.05) is 18.2 Å². The predicted molar refractivity (Wildman–Crippen MR) is 88.4 cm³/mol. The van der Waals surface area contributed by atoms with Crippen molar-refractivity contribution in [3.8, 4) is 0 Å². The van der Waals surface area contributed by atoms with Crippen LogP contribution in [0.25, 0.3) is 11.0 Å². The van der Waals surface area contributed by atoms with Crippen molar-refractivity contribution in [3.05, 3.63) is 58.5 Å². The number of hydrogen-bond donors (Lipinski definition) is 0. The number of hydrogen-bond acceptors (Lipinski definition) is 3. The average molecular weight is 311 g/mol. The lowest BCUT2D eigenvalue weighted by atomic mass is 9.91. The van der Waals surface area contributed by atoms with Gasteiger partial charge in [-0.05, 0) is 53.3 Å². The highest BCUT2D eigenvalue weighted by atomic mass is 32.1. The van der Waals surface area contributed by atoms with Crippen LogP contribution in [0.1, 0.15) is 34.9 Å². The fourth-order valence-electron chi connectivity index (χ4n) is 3.17. The minimum Gasteiger partial charge on any atom is -0.451 e. The summed E-state index contributed by atoms with van der Waals surface area (Å²) in [5, 5.41) is 5.34. The Morgan fingerprint density at radius 3 is 2.73 bits per heavy atom. The zero-order chi connectivity index (χ0) is 14.9. The van der Waals surface area contributed by atoms with Crippen LogP contribution in [0.15, 0.2) is 51.6 Å². The molecule has 3 nitrogen and oxygen atoms in total. The molecule has 4 heteroatoms. The normalized spacial score (nSPS) is 16.3. The third-order valence-corrected chi connectivity index (χ3v) is 5.13. The second-order valence-electron chi connectivity index (χ2n) is 5.77. The predicted octanol–water partition coefficient (Wildman–Crippen LogP) is 4.51. The average Bonchev–Trinajstić information content (AvgIpc) is 3.23. The Morgan fingerprint density at radius 1 is 1.18 bits per heavy atom. The molecule has 1 aromatic carbocycles. The molecule has 0 unspecified atom stereocenters. The number of carbonyl (C=O) groups is 1. The molecular weight excluding hydrogens is 294 g/mol. The molecule has 1 aliphatic heterocycles. The quantitative estimate of drug-likeness (QED) is 0.697. The highest BCUT2D eigenvalue weighted by Gasteiger charge is 2.26. The molecule has 0 atom stereocenters. The van der Waals surface area contributed by atoms with Crippen LogP contribution in [0.2, 0.25) is 0 Å². The summed E-state index contributed by atoms with van der Waals surface area (Å²) in [5.41, 5.74) is 2.19. The molecule has 1 saturated heterocycles. The molecule has 1 aliphatic rings. The van der Waals surface area contributed by atoms with E-state index in [2.05, 4.69) is 16.8 Å². The summed E-state index contributed by atoms with van der Waals surface area (Å²) in [5.74, 6) is 1.06. The molecule has 0 aliphatic carbocycles. The van der Waals surface area contributed by atoms with E-state index in [0.29, 0.717) is 11.7 Å². The number of carbonyl (C=O) groups excluding carboxylic acids is 1. The Hall–Kier alpha value is -2.07. The van der Waals surface area contributed by atoms with Gasteiger partial charge >= 0.3 is 0 Å². The highest BCUT2D eigenvalue weighted by Crippen LogP contribution is 2.30. The number of amides is 1. The van der Waals surface area contributed by atoms with E-state index in [1.165, 1.54) is 5.56 Å². The van der Waals surface area contributed by atoms with Gasteiger partial charge in [-0.15, -0.1) is 0 Å². The maximum Gasteiger partial charge on any atom is 0.289 e. The lowest BCUT2D eigenvalue weighted by molar-refractivity contribution is 0.0683. The van der Waals surface area contributed by atoms with Crippen LogP contribution in [0.4, 0.5) is 0 Å². The zero-order valence-electron chi connectivity index (χ0n) is 12.2. The molecule has 0 spiro atoms. The zero-order valence-corrected chi connectivity index (χ0v) is 13.0. The van der Waals surface area contributed by atoms with Gasteiger partial charge in [-0.2, -0.15) is 11.3 Å². The fraction of sp³-hybridized carbons (Fsp3) is 0.278. The lowest BCUT2D eigenvalue weighted by Crippen LogP contribution is -2.37. The van der Waals surface area contributed by atoms with Crippen molar-refractivity contribution >= 4 is 28.2 Å². The maximum atomic E-state index is 12.6. The number of benzene rings is 1. The third-order valence-electron chi connectivity index (χ3n) is 4.43. The first kappa shape index (κ1) is 13.6. The molecule has 3 heterocycles. The van der Waals surface area contributed by atoms with Gasteiger partial charge in [0.05, 0.1) is 0 Å². The summed E-state index contributed by atoms with van der Waals surface area (Å²) in [4.78, 5) is 14.5. The summed E-state index contributed by atoms with van der Waals surface area (Å²) in [6.07, 6.45) is 2.06. The van der Waals surface area contributed by atoms with Crippen LogP contribution >= 0.6 is 11.3 Å². The van der Waals surface area contributed by atoms with Crippen molar-refractivity contribution in [2.75, 3.05) is 13.1 Å². The number of furan rings is 1. The van der Waals surface area contributed by atoms with Crippen molar-refractivity contribution in [2.24, 2.45) is 0 Å². The molecule has 1 amide bonds. The van der Waals surface area contributed by atoms with Gasteiger partial charge in [0.2, 0.25) is 0 Å². The van der Waals surface area contributed by atoms with Crippen molar-refractivity contribution in [1.29, 1.82) is 0 Å². The minimum atomic E-state index is 0.0139. The number of thiophene rings is 1. The number of para-hydroxylation sites is 1. The van der Waals surface area contributed by atoms with Gasteiger partial charge < -0.3 is 9.32 Å². The molecule has 22 heavy (non-hydrogen) atoms. The molecule has 4 rings (SSSR count). The molecule has 0 N–H and O–H groups in total. The summed E-state index contributed by atoms with van der Waals surface area (Å²) < 4.78 is 5.69. The first-order valence-electron chi connectivity index (χ1n) is 7.61. The van der Waals surface area contributed by atoms with Crippen LogP contribution in [-0.2, 0) is 0 Å². The van der Waals surface area contributed by atoms with Gasteiger partial charge in [0.15, 0.2) is 5.76 Å². The molecule has 3 aromatic rings. The van der Waals surface area contributed by atoms with Crippen LogP contribution in [0, 0.1) is 0 Å². The monoisotopic (exact) mass is 311 g/mol. The number of rotatable bonds is 2. The largest absolute Gasteiger partial charge is 0.451 e. The van der Waals surface area contributed by atoms with Crippen LogP contribution in [-0.4, -0.2) is 23.9 Å². The summed E-state index contributed by atoms with van der Waals surface area (Å²) in [7, 11) is 0. The Morgan fingerprint density at radius 2 is 2.00 bits per heavy atom. The molecular formula is C18H17NO2S. The smallest absolute Gasteiger partial charge is 0.289 e. The SMILES string of the molecule is O=C(c1cc2ccccc2o1)N1CCC(c2ccsc2)CC1. The van der Waals surface area contributed by atoms with E-state index in [0.717, 1.165) is 36.9 Å². The second-order valence-corrected chi connectivity index (χ2v) is 6.55. The molecule has 0 bridgehead atoms. The van der Waals surface area contributed by atoms with E-state index < -0.39 is 0 Å². The highest BCUT2D eigenvalue weighted by molar-refractivity contribution is 7.07. The number of likely N-dealkylation sites (tertiary alicyclic amines) is 1. The summed E-state index contributed by atoms with van der Waals surface area (Å²) in [6, 6.07) is 11.8. The second kappa shape index (κ2) is 5.61. The standard InChI is InChI=1S/C18H17NO2S/c20-18(17-11-14-3-1-2-4-16(14)21-17)19-8-5-13(6-9-19)15-7-10-22-12-15/h1-4,7,10-13H,5-6,8-9H2. The van der Waals surface area contributed by atoms with Gasteiger partial charge in [0, 0.05) is 18.5 Å². The van der Waals surface area contributed by atoms with Crippen LogP contribution in [0.5, 0.6) is 0 Å². The van der Waals surface area contributed by atoms with Crippen LogP contribution in [0.3, 0.4) is 0 Å². The van der Waals surface area contributed by atoms with E-state index in [1.807, 2.05) is 35.2 Å². The summed E-state index contributed by atoms with van der Waals surface area (Å²) in [6.45, 7) is 1.60. The topological polar surface area (TPSA) is 33.5 Å². The molecule has 0 radical (unpaired) electrons. The van der Waals surface area contributed by atoms with E-state index in [1.54, 1.807) is 11.3 Å².